The van der Waals surface area contributed by atoms with Gasteiger partial charge in [-0.1, -0.05) is 18.6 Å². The zero-order valence-corrected chi connectivity index (χ0v) is 10.4. The van der Waals surface area contributed by atoms with E-state index in [1.54, 1.807) is 12.1 Å². The van der Waals surface area contributed by atoms with E-state index in [2.05, 4.69) is 19.0 Å². The van der Waals surface area contributed by atoms with E-state index < -0.39 is 5.97 Å². The smallest absolute Gasteiger partial charge is 0.335 e. The van der Waals surface area contributed by atoms with Crippen molar-refractivity contribution in [2.75, 3.05) is 14.1 Å². The van der Waals surface area contributed by atoms with Crippen LogP contribution in [0.25, 0.3) is 0 Å². The van der Waals surface area contributed by atoms with Crippen molar-refractivity contribution < 1.29 is 9.90 Å². The number of hydrogen-bond acceptors (Lipinski definition) is 2. The molecule has 0 amide bonds. The molecule has 0 aromatic heterocycles. The Morgan fingerprint density at radius 2 is 1.88 bits per heavy atom. The maximum absolute atomic E-state index is 10.8. The zero-order valence-electron chi connectivity index (χ0n) is 10.4. The van der Waals surface area contributed by atoms with Gasteiger partial charge in [0, 0.05) is 6.04 Å². The first-order valence-electron chi connectivity index (χ1n) is 6.09. The monoisotopic (exact) mass is 233 g/mol. The van der Waals surface area contributed by atoms with E-state index in [0.29, 0.717) is 11.6 Å². The van der Waals surface area contributed by atoms with E-state index in [4.69, 9.17) is 5.11 Å². The third-order valence-corrected chi connectivity index (χ3v) is 3.65. The molecule has 1 aromatic rings. The second-order valence-electron chi connectivity index (χ2n) is 5.03. The highest BCUT2D eigenvalue weighted by atomic mass is 16.4. The number of carbonyl (C=O) groups is 1. The van der Waals surface area contributed by atoms with Gasteiger partial charge in [0.1, 0.15) is 0 Å². The van der Waals surface area contributed by atoms with Gasteiger partial charge in [-0.25, -0.2) is 4.79 Å². The van der Waals surface area contributed by atoms with Crippen molar-refractivity contribution >= 4 is 5.97 Å². The molecule has 2 rings (SSSR count). The van der Waals surface area contributed by atoms with Crippen LogP contribution in [0.15, 0.2) is 24.3 Å². The molecule has 1 aliphatic rings. The fraction of sp³-hybridized carbons (Fsp3) is 0.500. The minimum absolute atomic E-state index is 0.361. The van der Waals surface area contributed by atoms with E-state index >= 15 is 0 Å². The number of hydrogen-bond donors (Lipinski definition) is 1. The Kier molecular flexibility index (Phi) is 3.48. The van der Waals surface area contributed by atoms with Crippen LogP contribution in [0.4, 0.5) is 0 Å². The summed E-state index contributed by atoms with van der Waals surface area (Å²) in [7, 11) is 4.18. The van der Waals surface area contributed by atoms with Gasteiger partial charge < -0.3 is 10.0 Å². The first-order valence-corrected chi connectivity index (χ1v) is 6.09. The third kappa shape index (κ3) is 2.50. The third-order valence-electron chi connectivity index (χ3n) is 3.65. The number of carboxylic acid groups (broad SMARTS) is 1. The molecule has 1 N–H and O–H groups in total. The van der Waals surface area contributed by atoms with E-state index in [9.17, 15) is 4.79 Å². The first kappa shape index (κ1) is 12.1. The first-order chi connectivity index (χ1) is 8.09. The second kappa shape index (κ2) is 4.88. The van der Waals surface area contributed by atoms with Crippen LogP contribution in [-0.2, 0) is 0 Å². The molecule has 1 aromatic carbocycles. The largest absolute Gasteiger partial charge is 0.478 e. The molecule has 3 nitrogen and oxygen atoms in total. The number of carboxylic acids is 1. The van der Waals surface area contributed by atoms with Gasteiger partial charge in [-0.15, -0.1) is 0 Å². The fourth-order valence-corrected chi connectivity index (χ4v) is 2.57. The molecule has 0 radical (unpaired) electrons. The van der Waals surface area contributed by atoms with Gasteiger partial charge in [-0.2, -0.15) is 0 Å². The normalized spacial score (nSPS) is 17.8. The Morgan fingerprint density at radius 1 is 1.29 bits per heavy atom. The van der Waals surface area contributed by atoms with Crippen molar-refractivity contribution in [3.05, 3.63) is 35.4 Å². The van der Waals surface area contributed by atoms with Crippen molar-refractivity contribution in [2.24, 2.45) is 5.92 Å². The summed E-state index contributed by atoms with van der Waals surface area (Å²) >= 11 is 0. The number of aromatic carboxylic acids is 1. The molecule has 0 saturated heterocycles. The van der Waals surface area contributed by atoms with Crippen LogP contribution in [-0.4, -0.2) is 30.1 Å². The SMILES string of the molecule is CN(C)C(c1ccc(C(=O)O)cc1)C1CCC1. The highest BCUT2D eigenvalue weighted by Crippen LogP contribution is 2.40. The van der Waals surface area contributed by atoms with E-state index in [0.717, 1.165) is 5.92 Å². The molecule has 1 saturated carbocycles. The van der Waals surface area contributed by atoms with Crippen LogP contribution in [0, 0.1) is 5.92 Å². The number of nitrogens with zero attached hydrogens (tertiary/aromatic N) is 1. The Balaban J connectivity index is 2.20. The van der Waals surface area contributed by atoms with E-state index in [-0.39, 0.29) is 0 Å². The lowest BCUT2D eigenvalue weighted by atomic mass is 9.76. The average molecular weight is 233 g/mol. The molecule has 3 heteroatoms. The molecule has 92 valence electrons. The van der Waals surface area contributed by atoms with Gasteiger partial charge in [0.05, 0.1) is 5.56 Å². The lowest BCUT2D eigenvalue weighted by Gasteiger charge is -2.38. The summed E-state index contributed by atoms with van der Waals surface area (Å²) in [5.41, 5.74) is 1.59. The molecule has 0 aliphatic heterocycles. The van der Waals surface area contributed by atoms with Gasteiger partial charge in [-0.3, -0.25) is 0 Å². The topological polar surface area (TPSA) is 40.5 Å². The summed E-state index contributed by atoms with van der Waals surface area (Å²) in [6, 6.07) is 7.73. The Labute approximate surface area is 102 Å². The van der Waals surface area contributed by atoms with Gasteiger partial charge in [0.15, 0.2) is 0 Å². The summed E-state index contributed by atoms with van der Waals surface area (Å²) in [5.74, 6) is -0.137. The molecule has 0 bridgehead atoms. The van der Waals surface area contributed by atoms with Crippen molar-refractivity contribution in [1.82, 2.24) is 4.90 Å². The summed E-state index contributed by atoms with van der Waals surface area (Å²) in [5, 5.41) is 8.88. The molecule has 17 heavy (non-hydrogen) atoms. The zero-order chi connectivity index (χ0) is 12.4. The highest BCUT2D eigenvalue weighted by molar-refractivity contribution is 5.87. The molecular weight excluding hydrogens is 214 g/mol. The van der Waals surface area contributed by atoms with Crippen LogP contribution in [0.5, 0.6) is 0 Å². The van der Waals surface area contributed by atoms with Gasteiger partial charge in [0.2, 0.25) is 0 Å². The van der Waals surface area contributed by atoms with Gasteiger partial charge >= 0.3 is 5.97 Å². The van der Waals surface area contributed by atoms with Crippen molar-refractivity contribution in [2.45, 2.75) is 25.3 Å². The van der Waals surface area contributed by atoms with Crippen LogP contribution < -0.4 is 0 Å². The Morgan fingerprint density at radius 3 is 2.24 bits per heavy atom. The minimum Gasteiger partial charge on any atom is -0.478 e. The van der Waals surface area contributed by atoms with Crippen molar-refractivity contribution in [3.8, 4) is 0 Å². The predicted molar refractivity (Wildman–Crippen MR) is 67.2 cm³/mol. The molecule has 1 fully saturated rings. The molecule has 1 aliphatic carbocycles. The van der Waals surface area contributed by atoms with Gasteiger partial charge in [-0.05, 0) is 50.6 Å². The molecule has 0 heterocycles. The number of benzene rings is 1. The van der Waals surface area contributed by atoms with Crippen molar-refractivity contribution in [1.29, 1.82) is 0 Å². The summed E-state index contributed by atoms with van der Waals surface area (Å²) in [4.78, 5) is 13.0. The molecule has 1 unspecified atom stereocenters. The maximum Gasteiger partial charge on any atom is 0.335 e. The Hall–Kier alpha value is -1.35. The summed E-state index contributed by atoms with van der Waals surface area (Å²) < 4.78 is 0. The van der Waals surface area contributed by atoms with Crippen LogP contribution in [0.2, 0.25) is 0 Å². The lowest BCUT2D eigenvalue weighted by molar-refractivity contribution is 0.0697. The van der Waals surface area contributed by atoms with Crippen LogP contribution in [0.3, 0.4) is 0 Å². The van der Waals surface area contributed by atoms with Crippen molar-refractivity contribution in [3.63, 3.8) is 0 Å². The number of rotatable bonds is 4. The maximum atomic E-state index is 10.8. The van der Waals surface area contributed by atoms with Gasteiger partial charge in [0.25, 0.3) is 0 Å². The quantitative estimate of drug-likeness (QED) is 0.869. The van der Waals surface area contributed by atoms with Crippen LogP contribution in [0.1, 0.15) is 41.2 Å². The molecule has 0 spiro atoms. The van der Waals surface area contributed by atoms with E-state index in [1.165, 1.54) is 24.8 Å². The summed E-state index contributed by atoms with van der Waals surface area (Å²) in [6.07, 6.45) is 3.88. The molecular formula is C14H19NO2. The lowest BCUT2D eigenvalue weighted by Crippen LogP contribution is -2.31. The van der Waals surface area contributed by atoms with E-state index in [1.807, 2.05) is 12.1 Å². The standard InChI is InChI=1S/C14H19NO2/c1-15(2)13(10-4-3-5-10)11-6-8-12(9-7-11)14(16)17/h6-10,13H,3-5H2,1-2H3,(H,16,17). The average Bonchev–Trinajstić information content (AvgIpc) is 2.23. The molecule has 1 atom stereocenters. The highest BCUT2D eigenvalue weighted by Gasteiger charge is 2.29. The minimum atomic E-state index is -0.860. The summed E-state index contributed by atoms with van der Waals surface area (Å²) in [6.45, 7) is 0. The second-order valence-corrected chi connectivity index (χ2v) is 5.03. The van der Waals surface area contributed by atoms with Crippen LogP contribution >= 0.6 is 0 Å². The predicted octanol–water partition coefficient (Wildman–Crippen LogP) is 2.79. The fourth-order valence-electron chi connectivity index (χ4n) is 2.57. The Bertz CT molecular complexity index is 393.